The average Bonchev–Trinajstić information content (AvgIpc) is 3.18. The first-order valence-electron chi connectivity index (χ1n) is 10.2. The first kappa shape index (κ1) is 17.2. The molecular weight excluding hydrogens is 324 g/mol. The zero-order valence-corrected chi connectivity index (χ0v) is 15.9. The van der Waals surface area contributed by atoms with E-state index in [1.165, 1.54) is 80.5 Å². The summed E-state index contributed by atoms with van der Waals surface area (Å²) in [7, 11) is 0. The topological polar surface area (TPSA) is 24.9 Å². The molecule has 3 heteroatoms. The molecule has 0 radical (unpaired) electrons. The van der Waals surface area contributed by atoms with Gasteiger partial charge < -0.3 is 5.32 Å². The molecule has 0 spiro atoms. The highest BCUT2D eigenvalue weighted by atomic mass is 32.1. The van der Waals surface area contributed by atoms with Gasteiger partial charge in [0.2, 0.25) is 0 Å². The van der Waals surface area contributed by atoms with Gasteiger partial charge in [0, 0.05) is 17.0 Å². The summed E-state index contributed by atoms with van der Waals surface area (Å²) in [6.45, 7) is 0. The smallest absolute Gasteiger partial charge is 0.123 e. The van der Waals surface area contributed by atoms with E-state index in [9.17, 15) is 0 Å². The number of hydrogen-bond acceptors (Lipinski definition) is 3. The average molecular weight is 355 g/mol. The van der Waals surface area contributed by atoms with Gasteiger partial charge in [-0.05, 0) is 31.6 Å². The fourth-order valence-electron chi connectivity index (χ4n) is 4.60. The molecular formula is C22H30N2S. The molecule has 4 rings (SSSR count). The SMILES string of the molecule is c1ccc(-c2nc(C(NC3CCCCC3)C3CCCCC3)cs2)cc1. The third-order valence-electron chi connectivity index (χ3n) is 6.00. The molecule has 0 amide bonds. The van der Waals surface area contributed by atoms with Crippen LogP contribution >= 0.6 is 11.3 Å². The fourth-order valence-corrected chi connectivity index (χ4v) is 5.46. The van der Waals surface area contributed by atoms with Crippen LogP contribution in [0.1, 0.15) is 75.9 Å². The highest BCUT2D eigenvalue weighted by molar-refractivity contribution is 7.13. The van der Waals surface area contributed by atoms with Crippen LogP contribution < -0.4 is 5.32 Å². The van der Waals surface area contributed by atoms with Gasteiger partial charge in [0.25, 0.3) is 0 Å². The lowest BCUT2D eigenvalue weighted by molar-refractivity contribution is 0.231. The van der Waals surface area contributed by atoms with E-state index < -0.39 is 0 Å². The van der Waals surface area contributed by atoms with Crippen LogP contribution in [0.4, 0.5) is 0 Å². The molecule has 1 atom stereocenters. The number of aromatic nitrogens is 1. The maximum absolute atomic E-state index is 5.08. The summed E-state index contributed by atoms with van der Waals surface area (Å²) in [4.78, 5) is 5.08. The van der Waals surface area contributed by atoms with Gasteiger partial charge in [0.05, 0.1) is 11.7 Å². The molecule has 1 unspecified atom stereocenters. The Hall–Kier alpha value is -1.19. The summed E-state index contributed by atoms with van der Waals surface area (Å²) < 4.78 is 0. The van der Waals surface area contributed by atoms with Crippen LogP contribution in [-0.4, -0.2) is 11.0 Å². The highest BCUT2D eigenvalue weighted by Gasteiger charge is 2.29. The zero-order chi connectivity index (χ0) is 16.9. The van der Waals surface area contributed by atoms with Crippen LogP contribution in [0.25, 0.3) is 10.6 Å². The molecule has 25 heavy (non-hydrogen) atoms. The van der Waals surface area contributed by atoms with Crippen LogP contribution in [0.15, 0.2) is 35.7 Å². The van der Waals surface area contributed by atoms with Crippen molar-refractivity contribution in [2.24, 2.45) is 5.92 Å². The summed E-state index contributed by atoms with van der Waals surface area (Å²) in [6.07, 6.45) is 13.8. The predicted molar refractivity (Wildman–Crippen MR) is 107 cm³/mol. The van der Waals surface area contributed by atoms with Crippen molar-refractivity contribution in [2.45, 2.75) is 76.3 Å². The minimum Gasteiger partial charge on any atom is -0.306 e. The number of hydrogen-bond donors (Lipinski definition) is 1. The summed E-state index contributed by atoms with van der Waals surface area (Å²) >= 11 is 1.81. The van der Waals surface area contributed by atoms with Gasteiger partial charge in [-0.1, -0.05) is 68.9 Å². The van der Waals surface area contributed by atoms with E-state index in [-0.39, 0.29) is 0 Å². The monoisotopic (exact) mass is 354 g/mol. The van der Waals surface area contributed by atoms with E-state index in [1.807, 2.05) is 0 Å². The van der Waals surface area contributed by atoms with Crippen LogP contribution in [-0.2, 0) is 0 Å². The molecule has 2 fully saturated rings. The summed E-state index contributed by atoms with van der Waals surface area (Å²) in [5.74, 6) is 0.765. The third kappa shape index (κ3) is 4.32. The van der Waals surface area contributed by atoms with E-state index in [2.05, 4.69) is 41.0 Å². The van der Waals surface area contributed by atoms with Gasteiger partial charge in [0.1, 0.15) is 5.01 Å². The standard InChI is InChI=1S/C22H30N2S/c1-4-10-17(11-5-1)21(23-19-14-8-3-9-15-19)20-16-25-22(24-20)18-12-6-2-7-13-18/h2,6-7,12-13,16-17,19,21,23H,1,3-5,8-11,14-15H2. The minimum absolute atomic E-state index is 0.456. The first-order valence-corrected chi connectivity index (χ1v) is 11.0. The Bertz CT molecular complexity index is 639. The second kappa shape index (κ2) is 8.46. The van der Waals surface area contributed by atoms with Crippen molar-refractivity contribution in [3.05, 3.63) is 41.4 Å². The first-order chi connectivity index (χ1) is 12.4. The molecule has 1 aromatic heterocycles. The van der Waals surface area contributed by atoms with Crippen LogP contribution in [0.3, 0.4) is 0 Å². The molecule has 2 aliphatic carbocycles. The Labute approximate surface area is 156 Å². The number of nitrogens with one attached hydrogen (secondary N) is 1. The van der Waals surface area contributed by atoms with E-state index in [0.29, 0.717) is 12.1 Å². The number of thiazole rings is 1. The van der Waals surface area contributed by atoms with E-state index in [4.69, 9.17) is 4.98 Å². The summed E-state index contributed by atoms with van der Waals surface area (Å²) in [6, 6.07) is 11.8. The lowest BCUT2D eigenvalue weighted by Crippen LogP contribution is -2.38. The van der Waals surface area contributed by atoms with Gasteiger partial charge in [0.15, 0.2) is 0 Å². The van der Waals surface area contributed by atoms with Gasteiger partial charge in [-0.25, -0.2) is 4.98 Å². The second-order valence-corrected chi connectivity index (χ2v) is 8.68. The normalized spacial score (nSPS) is 21.3. The Morgan fingerprint density at radius 3 is 2.28 bits per heavy atom. The molecule has 2 aromatic rings. The second-order valence-electron chi connectivity index (χ2n) is 7.82. The van der Waals surface area contributed by atoms with Gasteiger partial charge in [-0.3, -0.25) is 0 Å². The lowest BCUT2D eigenvalue weighted by atomic mass is 9.82. The zero-order valence-electron chi connectivity index (χ0n) is 15.1. The van der Waals surface area contributed by atoms with Gasteiger partial charge in [-0.2, -0.15) is 0 Å². The van der Waals surface area contributed by atoms with Crippen molar-refractivity contribution in [3.8, 4) is 10.6 Å². The summed E-state index contributed by atoms with van der Waals surface area (Å²) in [5.41, 5.74) is 2.54. The molecule has 0 saturated heterocycles. The van der Waals surface area contributed by atoms with E-state index in [0.717, 1.165) is 5.92 Å². The predicted octanol–water partition coefficient (Wildman–Crippen LogP) is 6.35. The van der Waals surface area contributed by atoms with Crippen molar-refractivity contribution in [2.75, 3.05) is 0 Å². The molecule has 0 bridgehead atoms. The van der Waals surface area contributed by atoms with Crippen molar-refractivity contribution >= 4 is 11.3 Å². The number of rotatable bonds is 5. The molecule has 1 N–H and O–H groups in total. The lowest BCUT2D eigenvalue weighted by Gasteiger charge is -2.34. The van der Waals surface area contributed by atoms with Crippen LogP contribution in [0.2, 0.25) is 0 Å². The van der Waals surface area contributed by atoms with Crippen molar-refractivity contribution in [1.29, 1.82) is 0 Å². The maximum atomic E-state index is 5.08. The van der Waals surface area contributed by atoms with Crippen molar-refractivity contribution in [1.82, 2.24) is 10.3 Å². The molecule has 2 saturated carbocycles. The van der Waals surface area contributed by atoms with E-state index in [1.54, 1.807) is 11.3 Å². The largest absolute Gasteiger partial charge is 0.306 e. The molecule has 2 aliphatic rings. The molecule has 134 valence electrons. The van der Waals surface area contributed by atoms with Gasteiger partial charge >= 0.3 is 0 Å². The van der Waals surface area contributed by atoms with E-state index >= 15 is 0 Å². The molecule has 1 heterocycles. The molecule has 2 nitrogen and oxygen atoms in total. The maximum Gasteiger partial charge on any atom is 0.123 e. The van der Waals surface area contributed by atoms with Crippen LogP contribution in [0.5, 0.6) is 0 Å². The quantitative estimate of drug-likeness (QED) is 0.676. The summed E-state index contributed by atoms with van der Waals surface area (Å²) in [5, 5.41) is 7.54. The molecule has 1 aromatic carbocycles. The highest BCUT2D eigenvalue weighted by Crippen LogP contribution is 2.37. The third-order valence-corrected chi connectivity index (χ3v) is 6.91. The Kier molecular flexibility index (Phi) is 5.83. The van der Waals surface area contributed by atoms with Gasteiger partial charge in [-0.15, -0.1) is 11.3 Å². The van der Waals surface area contributed by atoms with Crippen molar-refractivity contribution in [3.63, 3.8) is 0 Å². The number of nitrogens with zero attached hydrogens (tertiary/aromatic N) is 1. The fraction of sp³-hybridized carbons (Fsp3) is 0.591. The minimum atomic E-state index is 0.456. The number of benzene rings is 1. The Morgan fingerprint density at radius 2 is 1.56 bits per heavy atom. The Morgan fingerprint density at radius 1 is 0.880 bits per heavy atom. The Balaban J connectivity index is 1.55. The van der Waals surface area contributed by atoms with Crippen LogP contribution in [0, 0.1) is 5.92 Å². The van der Waals surface area contributed by atoms with Crippen molar-refractivity contribution < 1.29 is 0 Å². The molecule has 0 aliphatic heterocycles.